The zero-order valence-corrected chi connectivity index (χ0v) is 9.41. The summed E-state index contributed by atoms with van der Waals surface area (Å²) in [6.45, 7) is -0.112. The quantitative estimate of drug-likeness (QED) is 0.783. The lowest BCUT2D eigenvalue weighted by molar-refractivity contribution is -0.116. The number of nitrogens with two attached hydrogens (primary N) is 1. The van der Waals surface area contributed by atoms with Crippen LogP contribution in [0.1, 0.15) is 0 Å². The van der Waals surface area contributed by atoms with Crippen LogP contribution in [0.4, 0.5) is 11.4 Å². The molecule has 0 unspecified atom stereocenters. The number of amides is 1. The summed E-state index contributed by atoms with van der Waals surface area (Å²) in [4.78, 5) is 30.7. The molecule has 2 aromatic heterocycles. The molecule has 0 fully saturated rings. The Morgan fingerprint density at radius 3 is 2.78 bits per heavy atom. The van der Waals surface area contributed by atoms with Gasteiger partial charge in [0.1, 0.15) is 12.9 Å². The second-order valence-electron chi connectivity index (χ2n) is 3.60. The Morgan fingerprint density at radius 2 is 2.06 bits per heavy atom. The lowest BCUT2D eigenvalue weighted by atomic mass is 10.4. The summed E-state index contributed by atoms with van der Waals surface area (Å²) in [6, 6.07) is 2.80. The van der Waals surface area contributed by atoms with Crippen LogP contribution in [-0.4, -0.2) is 20.4 Å². The molecule has 7 heteroatoms. The van der Waals surface area contributed by atoms with Gasteiger partial charge in [-0.2, -0.15) is 0 Å². The molecular weight excluding hydrogens is 234 g/mol. The molecule has 0 saturated heterocycles. The molecule has 2 heterocycles. The van der Waals surface area contributed by atoms with Crippen molar-refractivity contribution in [1.82, 2.24) is 14.5 Å². The first-order valence-electron chi connectivity index (χ1n) is 5.16. The number of anilines is 2. The molecule has 0 aliphatic carbocycles. The van der Waals surface area contributed by atoms with E-state index in [1.807, 2.05) is 0 Å². The number of nitrogen functional groups attached to an aromatic ring is 1. The molecule has 18 heavy (non-hydrogen) atoms. The van der Waals surface area contributed by atoms with E-state index in [9.17, 15) is 9.59 Å². The van der Waals surface area contributed by atoms with Gasteiger partial charge in [0.25, 0.3) is 5.56 Å². The fraction of sp³-hybridized carbons (Fsp3) is 0.0909. The zero-order chi connectivity index (χ0) is 13.0. The van der Waals surface area contributed by atoms with Crippen molar-refractivity contribution in [2.75, 3.05) is 11.1 Å². The average Bonchev–Trinajstić information content (AvgIpc) is 2.35. The highest BCUT2D eigenvalue weighted by atomic mass is 16.2. The van der Waals surface area contributed by atoms with Crippen molar-refractivity contribution in [2.45, 2.75) is 6.54 Å². The Kier molecular flexibility index (Phi) is 3.33. The highest BCUT2D eigenvalue weighted by Gasteiger charge is 2.05. The fourth-order valence-corrected chi connectivity index (χ4v) is 1.39. The molecule has 0 spiro atoms. The van der Waals surface area contributed by atoms with Gasteiger partial charge in [-0.1, -0.05) is 0 Å². The van der Waals surface area contributed by atoms with Crippen LogP contribution in [0.2, 0.25) is 0 Å². The number of carbonyl (C=O) groups excluding carboxylic acids is 1. The zero-order valence-electron chi connectivity index (χ0n) is 9.41. The van der Waals surface area contributed by atoms with Crippen LogP contribution >= 0.6 is 0 Å². The van der Waals surface area contributed by atoms with Crippen molar-refractivity contribution < 1.29 is 4.79 Å². The summed E-state index contributed by atoms with van der Waals surface area (Å²) in [5, 5.41) is 2.57. The van der Waals surface area contributed by atoms with E-state index in [4.69, 9.17) is 5.73 Å². The van der Waals surface area contributed by atoms with Crippen molar-refractivity contribution in [3.63, 3.8) is 0 Å². The summed E-state index contributed by atoms with van der Waals surface area (Å²) in [5.74, 6) is -0.350. The molecule has 0 saturated carbocycles. The first-order valence-corrected chi connectivity index (χ1v) is 5.16. The first-order chi connectivity index (χ1) is 8.65. The highest BCUT2D eigenvalue weighted by Crippen LogP contribution is 2.01. The Balaban J connectivity index is 2.08. The van der Waals surface area contributed by atoms with Crippen LogP contribution < -0.4 is 16.6 Å². The van der Waals surface area contributed by atoms with E-state index >= 15 is 0 Å². The van der Waals surface area contributed by atoms with Crippen molar-refractivity contribution in [2.24, 2.45) is 0 Å². The van der Waals surface area contributed by atoms with Crippen molar-refractivity contribution in [3.8, 4) is 0 Å². The maximum Gasteiger partial charge on any atom is 0.251 e. The lowest BCUT2D eigenvalue weighted by Crippen LogP contribution is -2.27. The van der Waals surface area contributed by atoms with Crippen molar-refractivity contribution in [1.29, 1.82) is 0 Å². The molecule has 0 aliphatic heterocycles. The number of hydrogen-bond acceptors (Lipinski definition) is 5. The van der Waals surface area contributed by atoms with Gasteiger partial charge in [-0.3, -0.25) is 9.59 Å². The Bertz CT molecular complexity index is 608. The van der Waals surface area contributed by atoms with Crippen LogP contribution in [0.15, 0.2) is 41.8 Å². The van der Waals surface area contributed by atoms with Gasteiger partial charge in [0.15, 0.2) is 0 Å². The van der Waals surface area contributed by atoms with Crippen molar-refractivity contribution >= 4 is 17.3 Å². The molecule has 1 amide bonds. The monoisotopic (exact) mass is 245 g/mol. The van der Waals surface area contributed by atoms with Gasteiger partial charge in [-0.15, -0.1) is 0 Å². The number of hydrogen-bond donors (Lipinski definition) is 2. The SMILES string of the molecule is Nc1ccc(=O)n(CC(=O)Nc2cncnc2)c1. The maximum atomic E-state index is 11.7. The van der Waals surface area contributed by atoms with Crippen LogP contribution in [0, 0.1) is 0 Å². The lowest BCUT2D eigenvalue weighted by Gasteiger charge is -2.07. The van der Waals surface area contributed by atoms with E-state index in [0.717, 1.165) is 0 Å². The van der Waals surface area contributed by atoms with Gasteiger partial charge >= 0.3 is 0 Å². The molecule has 2 aromatic rings. The van der Waals surface area contributed by atoms with Gasteiger partial charge in [0.05, 0.1) is 18.1 Å². The standard InChI is InChI=1S/C11H11N5O2/c12-8-1-2-11(18)16(5-8)6-10(17)15-9-3-13-7-14-4-9/h1-5,7H,6,12H2,(H,15,17). The van der Waals surface area contributed by atoms with E-state index in [1.54, 1.807) is 0 Å². The predicted molar refractivity (Wildman–Crippen MR) is 65.8 cm³/mol. The minimum absolute atomic E-state index is 0.112. The normalized spacial score (nSPS) is 10.0. The highest BCUT2D eigenvalue weighted by molar-refractivity contribution is 5.90. The minimum atomic E-state index is -0.350. The third-order valence-corrected chi connectivity index (χ3v) is 2.16. The summed E-state index contributed by atoms with van der Waals surface area (Å²) in [5.41, 5.74) is 6.15. The van der Waals surface area contributed by atoms with Crippen LogP contribution in [0.25, 0.3) is 0 Å². The number of carbonyl (C=O) groups is 1. The van der Waals surface area contributed by atoms with E-state index < -0.39 is 0 Å². The first kappa shape index (κ1) is 11.8. The Labute approximate surface area is 102 Å². The fourth-order valence-electron chi connectivity index (χ4n) is 1.39. The van der Waals surface area contributed by atoms with E-state index in [2.05, 4.69) is 15.3 Å². The van der Waals surface area contributed by atoms with Crippen LogP contribution in [0.3, 0.4) is 0 Å². The molecule has 0 aliphatic rings. The van der Waals surface area contributed by atoms with E-state index in [1.165, 1.54) is 41.6 Å². The van der Waals surface area contributed by atoms with Crippen LogP contribution in [0.5, 0.6) is 0 Å². The van der Waals surface area contributed by atoms with Crippen molar-refractivity contribution in [3.05, 3.63) is 47.4 Å². The predicted octanol–water partition coefficient (Wildman–Crippen LogP) is -0.141. The third kappa shape index (κ3) is 2.91. The molecule has 0 bridgehead atoms. The molecule has 7 nitrogen and oxygen atoms in total. The van der Waals surface area contributed by atoms with Gasteiger partial charge in [0.2, 0.25) is 5.91 Å². The largest absolute Gasteiger partial charge is 0.398 e. The summed E-state index contributed by atoms with van der Waals surface area (Å²) < 4.78 is 1.23. The summed E-state index contributed by atoms with van der Waals surface area (Å²) in [7, 11) is 0. The van der Waals surface area contributed by atoms with Gasteiger partial charge in [0, 0.05) is 18.0 Å². The van der Waals surface area contributed by atoms with E-state index in [0.29, 0.717) is 11.4 Å². The third-order valence-electron chi connectivity index (χ3n) is 2.16. The second kappa shape index (κ2) is 5.09. The Morgan fingerprint density at radius 1 is 1.33 bits per heavy atom. The average molecular weight is 245 g/mol. The number of aromatic nitrogens is 3. The molecular formula is C11H11N5O2. The number of nitrogens with zero attached hydrogens (tertiary/aromatic N) is 3. The minimum Gasteiger partial charge on any atom is -0.398 e. The van der Waals surface area contributed by atoms with Gasteiger partial charge in [-0.05, 0) is 6.07 Å². The maximum absolute atomic E-state index is 11.7. The second-order valence-corrected chi connectivity index (χ2v) is 3.60. The van der Waals surface area contributed by atoms with Crippen LogP contribution in [-0.2, 0) is 11.3 Å². The number of rotatable bonds is 3. The molecule has 0 atom stereocenters. The molecule has 0 aromatic carbocycles. The Hall–Kier alpha value is -2.70. The summed E-state index contributed by atoms with van der Waals surface area (Å²) >= 11 is 0. The number of pyridine rings is 1. The number of nitrogens with one attached hydrogen (secondary N) is 1. The van der Waals surface area contributed by atoms with Gasteiger partial charge in [-0.25, -0.2) is 9.97 Å². The summed E-state index contributed by atoms with van der Waals surface area (Å²) in [6.07, 6.45) is 5.71. The molecule has 92 valence electrons. The van der Waals surface area contributed by atoms with Gasteiger partial charge < -0.3 is 15.6 Å². The molecule has 3 N–H and O–H groups in total. The molecule has 0 radical (unpaired) electrons. The topological polar surface area (TPSA) is 103 Å². The molecule has 2 rings (SSSR count). The van der Waals surface area contributed by atoms with E-state index in [-0.39, 0.29) is 18.0 Å². The smallest absolute Gasteiger partial charge is 0.251 e.